The molecule has 0 saturated carbocycles. The molecule has 1 heterocycles. The van der Waals surface area contributed by atoms with E-state index in [0.717, 1.165) is 11.1 Å². The third-order valence-corrected chi connectivity index (χ3v) is 3.38. The monoisotopic (exact) mass is 293 g/mol. The molecule has 1 atom stereocenters. The van der Waals surface area contributed by atoms with E-state index < -0.39 is 12.1 Å². The van der Waals surface area contributed by atoms with Crippen LogP contribution in [-0.2, 0) is 14.3 Å². The fourth-order valence-corrected chi connectivity index (χ4v) is 2.22. The maximum atomic E-state index is 12.1. The van der Waals surface area contributed by atoms with E-state index in [9.17, 15) is 9.59 Å². The minimum Gasteiger partial charge on any atom is -0.484 e. The number of carboxylic acid groups (broad SMARTS) is 1. The number of benzene rings is 1. The lowest BCUT2D eigenvalue weighted by atomic mass is 10.1. The maximum absolute atomic E-state index is 12.1. The van der Waals surface area contributed by atoms with Crippen molar-refractivity contribution in [2.24, 2.45) is 0 Å². The lowest BCUT2D eigenvalue weighted by molar-refractivity contribution is -0.159. The summed E-state index contributed by atoms with van der Waals surface area (Å²) < 4.78 is 10.6. The fraction of sp³-hybridized carbons (Fsp3) is 0.467. The van der Waals surface area contributed by atoms with Gasteiger partial charge >= 0.3 is 5.97 Å². The Bertz CT molecular complexity index is 543. The Morgan fingerprint density at radius 1 is 1.43 bits per heavy atom. The maximum Gasteiger partial charge on any atom is 0.334 e. The minimum absolute atomic E-state index is 0.0599. The Kier molecular flexibility index (Phi) is 4.80. The molecule has 0 bridgehead atoms. The fourth-order valence-electron chi connectivity index (χ4n) is 2.22. The molecule has 6 heteroatoms. The minimum atomic E-state index is -1.05. The highest BCUT2D eigenvalue weighted by molar-refractivity contribution is 5.79. The summed E-state index contributed by atoms with van der Waals surface area (Å²) in [6.07, 6.45) is -0.955. The number of aryl methyl sites for hydroxylation is 2. The molecule has 2 rings (SSSR count). The van der Waals surface area contributed by atoms with Gasteiger partial charge in [0.25, 0.3) is 5.91 Å². The number of carbonyl (C=O) groups excluding carboxylic acids is 1. The van der Waals surface area contributed by atoms with Crippen LogP contribution in [-0.4, -0.2) is 54.3 Å². The molecule has 114 valence electrons. The average molecular weight is 293 g/mol. The summed E-state index contributed by atoms with van der Waals surface area (Å²) in [6.45, 7) is 4.48. The second kappa shape index (κ2) is 6.58. The van der Waals surface area contributed by atoms with Crippen LogP contribution in [0.4, 0.5) is 0 Å². The van der Waals surface area contributed by atoms with Crippen LogP contribution in [0, 0.1) is 13.8 Å². The van der Waals surface area contributed by atoms with Crippen molar-refractivity contribution in [3.63, 3.8) is 0 Å². The third kappa shape index (κ3) is 3.95. The van der Waals surface area contributed by atoms with Gasteiger partial charge in [0.1, 0.15) is 5.75 Å². The first-order chi connectivity index (χ1) is 9.97. The number of rotatable bonds is 4. The van der Waals surface area contributed by atoms with Gasteiger partial charge in [-0.2, -0.15) is 0 Å². The number of amides is 1. The van der Waals surface area contributed by atoms with Crippen molar-refractivity contribution in [3.8, 4) is 5.75 Å². The molecule has 1 unspecified atom stereocenters. The SMILES string of the molecule is Cc1ccc(OCC(=O)N2CCOC(C(=O)O)C2)c(C)c1. The van der Waals surface area contributed by atoms with Crippen molar-refractivity contribution >= 4 is 11.9 Å². The molecule has 1 aliphatic rings. The summed E-state index contributed by atoms with van der Waals surface area (Å²) in [4.78, 5) is 24.4. The van der Waals surface area contributed by atoms with Gasteiger partial charge in [0.2, 0.25) is 0 Å². The van der Waals surface area contributed by atoms with E-state index in [1.165, 1.54) is 4.90 Å². The summed E-state index contributed by atoms with van der Waals surface area (Å²) in [6, 6.07) is 5.73. The molecule has 21 heavy (non-hydrogen) atoms. The summed E-state index contributed by atoms with van der Waals surface area (Å²) in [5.74, 6) is -0.621. The summed E-state index contributed by atoms with van der Waals surface area (Å²) >= 11 is 0. The molecular weight excluding hydrogens is 274 g/mol. The number of carbonyl (C=O) groups is 2. The number of aliphatic carboxylic acids is 1. The molecule has 1 amide bonds. The number of hydrogen-bond donors (Lipinski definition) is 1. The molecule has 1 saturated heterocycles. The van der Waals surface area contributed by atoms with Crippen LogP contribution >= 0.6 is 0 Å². The Labute approximate surface area is 123 Å². The van der Waals surface area contributed by atoms with E-state index in [-0.39, 0.29) is 25.7 Å². The largest absolute Gasteiger partial charge is 0.484 e. The normalized spacial score (nSPS) is 18.4. The molecule has 0 aromatic heterocycles. The molecule has 0 spiro atoms. The molecule has 1 aromatic carbocycles. The highest BCUT2D eigenvalue weighted by atomic mass is 16.5. The van der Waals surface area contributed by atoms with Gasteiger partial charge in [0.05, 0.1) is 13.2 Å². The molecule has 1 aromatic rings. The van der Waals surface area contributed by atoms with Crippen LogP contribution < -0.4 is 4.74 Å². The number of morpholine rings is 1. The van der Waals surface area contributed by atoms with E-state index in [1.54, 1.807) is 0 Å². The summed E-state index contributed by atoms with van der Waals surface area (Å²) in [5.41, 5.74) is 2.09. The van der Waals surface area contributed by atoms with E-state index in [2.05, 4.69) is 0 Å². The topological polar surface area (TPSA) is 76.1 Å². The first-order valence-electron chi connectivity index (χ1n) is 6.79. The lowest BCUT2D eigenvalue weighted by Crippen LogP contribution is -2.49. The molecular formula is C15H19NO5. The summed E-state index contributed by atoms with van der Waals surface area (Å²) in [5, 5.41) is 8.91. The molecule has 0 aliphatic carbocycles. The zero-order chi connectivity index (χ0) is 15.4. The Balaban J connectivity index is 1.90. The Morgan fingerprint density at radius 2 is 2.19 bits per heavy atom. The first kappa shape index (κ1) is 15.3. The van der Waals surface area contributed by atoms with Gasteiger partial charge < -0.3 is 19.5 Å². The van der Waals surface area contributed by atoms with Crippen molar-refractivity contribution in [2.45, 2.75) is 20.0 Å². The predicted molar refractivity (Wildman–Crippen MR) is 75.4 cm³/mol. The number of carboxylic acids is 1. The van der Waals surface area contributed by atoms with Crippen LogP contribution in [0.15, 0.2) is 18.2 Å². The van der Waals surface area contributed by atoms with Gasteiger partial charge in [0.15, 0.2) is 12.7 Å². The van der Waals surface area contributed by atoms with Crippen LogP contribution in [0.5, 0.6) is 5.75 Å². The Hall–Kier alpha value is -2.08. The standard InChI is InChI=1S/C15H19NO5/c1-10-3-4-12(11(2)7-10)21-9-14(17)16-5-6-20-13(8-16)15(18)19/h3-4,7,13H,5-6,8-9H2,1-2H3,(H,18,19). The molecule has 1 N–H and O–H groups in total. The second-order valence-corrected chi connectivity index (χ2v) is 5.10. The highest BCUT2D eigenvalue weighted by Gasteiger charge is 2.29. The van der Waals surface area contributed by atoms with E-state index in [0.29, 0.717) is 12.3 Å². The highest BCUT2D eigenvalue weighted by Crippen LogP contribution is 2.18. The second-order valence-electron chi connectivity index (χ2n) is 5.10. The van der Waals surface area contributed by atoms with Crippen LogP contribution in [0.25, 0.3) is 0 Å². The summed E-state index contributed by atoms with van der Waals surface area (Å²) in [7, 11) is 0. The van der Waals surface area contributed by atoms with Gasteiger partial charge in [0, 0.05) is 6.54 Å². The van der Waals surface area contributed by atoms with Gasteiger partial charge in [-0.05, 0) is 25.5 Å². The van der Waals surface area contributed by atoms with E-state index in [1.807, 2.05) is 32.0 Å². The van der Waals surface area contributed by atoms with Gasteiger partial charge in [-0.15, -0.1) is 0 Å². The van der Waals surface area contributed by atoms with E-state index in [4.69, 9.17) is 14.6 Å². The first-order valence-corrected chi connectivity index (χ1v) is 6.79. The van der Waals surface area contributed by atoms with Crippen molar-refractivity contribution in [3.05, 3.63) is 29.3 Å². The van der Waals surface area contributed by atoms with Gasteiger partial charge in [-0.3, -0.25) is 4.79 Å². The van der Waals surface area contributed by atoms with Crippen LogP contribution in [0.1, 0.15) is 11.1 Å². The predicted octanol–water partition coefficient (Wildman–Crippen LogP) is 0.994. The lowest BCUT2D eigenvalue weighted by Gasteiger charge is -2.30. The molecule has 1 fully saturated rings. The van der Waals surface area contributed by atoms with Crippen molar-refractivity contribution in [1.29, 1.82) is 0 Å². The van der Waals surface area contributed by atoms with Gasteiger partial charge in [-0.25, -0.2) is 4.79 Å². The van der Waals surface area contributed by atoms with Crippen molar-refractivity contribution < 1.29 is 24.2 Å². The van der Waals surface area contributed by atoms with Crippen LogP contribution in [0.2, 0.25) is 0 Å². The number of hydrogen-bond acceptors (Lipinski definition) is 4. The van der Waals surface area contributed by atoms with Gasteiger partial charge in [-0.1, -0.05) is 17.7 Å². The van der Waals surface area contributed by atoms with Crippen molar-refractivity contribution in [2.75, 3.05) is 26.3 Å². The molecule has 6 nitrogen and oxygen atoms in total. The average Bonchev–Trinajstić information content (AvgIpc) is 2.46. The zero-order valence-corrected chi connectivity index (χ0v) is 12.2. The van der Waals surface area contributed by atoms with Crippen LogP contribution in [0.3, 0.4) is 0 Å². The molecule has 1 aliphatic heterocycles. The Morgan fingerprint density at radius 3 is 2.86 bits per heavy atom. The zero-order valence-electron chi connectivity index (χ0n) is 12.2. The number of ether oxygens (including phenoxy) is 2. The smallest absolute Gasteiger partial charge is 0.334 e. The quantitative estimate of drug-likeness (QED) is 0.896. The van der Waals surface area contributed by atoms with Crippen molar-refractivity contribution in [1.82, 2.24) is 4.90 Å². The number of nitrogens with zero attached hydrogens (tertiary/aromatic N) is 1. The molecule has 0 radical (unpaired) electrons. The van der Waals surface area contributed by atoms with E-state index >= 15 is 0 Å². The third-order valence-electron chi connectivity index (χ3n) is 3.38.